The van der Waals surface area contributed by atoms with Gasteiger partial charge in [-0.1, -0.05) is 66.7 Å². The number of benzene rings is 3. The summed E-state index contributed by atoms with van der Waals surface area (Å²) >= 11 is 0. The van der Waals surface area contributed by atoms with Gasteiger partial charge >= 0.3 is 6.09 Å². The normalized spacial score (nSPS) is 19.3. The van der Waals surface area contributed by atoms with Gasteiger partial charge in [0.25, 0.3) is 0 Å². The fourth-order valence-electron chi connectivity index (χ4n) is 6.44. The first kappa shape index (κ1) is 36.3. The zero-order chi connectivity index (χ0) is 34.4. The smallest absolute Gasteiger partial charge is 0.407 e. The summed E-state index contributed by atoms with van der Waals surface area (Å²) in [5.74, 6) is -0.220. The molecule has 49 heavy (non-hydrogen) atoms. The Morgan fingerprint density at radius 2 is 1.63 bits per heavy atom. The Hall–Kier alpha value is -4.00. The van der Waals surface area contributed by atoms with Crippen LogP contribution in [-0.4, -0.2) is 105 Å². The zero-order valence-corrected chi connectivity index (χ0v) is 28.2. The first-order valence-electron chi connectivity index (χ1n) is 17.1. The number of nitrogens with one attached hydrogen (secondary N) is 2. The molecule has 0 aromatic heterocycles. The molecular formula is C38H49N3O8. The maximum Gasteiger partial charge on any atom is 0.407 e. The molecule has 2 aliphatic rings. The van der Waals surface area contributed by atoms with Crippen molar-refractivity contribution < 1.29 is 38.7 Å². The maximum atomic E-state index is 14.0. The molecule has 1 saturated heterocycles. The molecule has 1 aliphatic heterocycles. The number of aliphatic hydroxyl groups excluding tert-OH is 2. The van der Waals surface area contributed by atoms with E-state index in [1.54, 1.807) is 0 Å². The van der Waals surface area contributed by atoms with Gasteiger partial charge in [-0.2, -0.15) is 0 Å². The summed E-state index contributed by atoms with van der Waals surface area (Å²) in [6, 6.07) is 23.6. The van der Waals surface area contributed by atoms with Crippen molar-refractivity contribution in [2.75, 3.05) is 59.8 Å². The molecule has 11 nitrogen and oxygen atoms in total. The summed E-state index contributed by atoms with van der Waals surface area (Å²) in [6.45, 7) is 4.98. The Bertz CT molecular complexity index is 1450. The van der Waals surface area contributed by atoms with Crippen molar-refractivity contribution in [1.82, 2.24) is 15.5 Å². The number of hydrogen-bond donors (Lipinski definition) is 4. The second-order valence-electron chi connectivity index (χ2n) is 12.7. The highest BCUT2D eigenvalue weighted by atomic mass is 16.6. The van der Waals surface area contributed by atoms with Gasteiger partial charge in [0.2, 0.25) is 5.91 Å². The van der Waals surface area contributed by atoms with Crippen LogP contribution in [-0.2, 0) is 38.3 Å². The predicted molar refractivity (Wildman–Crippen MR) is 184 cm³/mol. The molecule has 5 rings (SSSR count). The molecule has 3 aromatic rings. The maximum absolute atomic E-state index is 14.0. The van der Waals surface area contributed by atoms with Crippen molar-refractivity contribution in [2.45, 2.75) is 50.0 Å². The lowest BCUT2D eigenvalue weighted by molar-refractivity contribution is -0.127. The number of carbonyl (C=O) groups is 2. The van der Waals surface area contributed by atoms with E-state index in [0.29, 0.717) is 25.9 Å². The van der Waals surface area contributed by atoms with E-state index in [1.165, 1.54) is 7.11 Å². The fraction of sp³-hybridized carbons (Fsp3) is 0.474. The molecule has 0 saturated carbocycles. The third kappa shape index (κ3) is 11.0. The van der Waals surface area contributed by atoms with E-state index in [0.717, 1.165) is 60.9 Å². The molecule has 11 heteroatoms. The number of nitrogens with zero attached hydrogens (tertiary/aromatic N) is 1. The largest absolute Gasteiger partial charge is 0.492 e. The highest BCUT2D eigenvalue weighted by molar-refractivity contribution is 5.80. The van der Waals surface area contributed by atoms with Crippen LogP contribution in [0.1, 0.15) is 34.7 Å². The lowest BCUT2D eigenvalue weighted by Gasteiger charge is -2.28. The molecule has 2 amide bonds. The summed E-state index contributed by atoms with van der Waals surface area (Å²) in [5.41, 5.74) is 3.70. The second kappa shape index (κ2) is 18.7. The van der Waals surface area contributed by atoms with Crippen molar-refractivity contribution in [3.8, 4) is 5.75 Å². The van der Waals surface area contributed by atoms with Crippen LogP contribution in [0, 0.1) is 5.92 Å². The number of hydrogen-bond acceptors (Lipinski definition) is 9. The number of ether oxygens (including phenoxy) is 4. The van der Waals surface area contributed by atoms with E-state index >= 15 is 0 Å². The molecule has 264 valence electrons. The number of alkyl carbamates (subject to hydrolysis) is 1. The summed E-state index contributed by atoms with van der Waals surface area (Å²) in [7, 11) is 1.52. The van der Waals surface area contributed by atoms with Crippen LogP contribution in [0.5, 0.6) is 5.75 Å². The van der Waals surface area contributed by atoms with Gasteiger partial charge in [-0.15, -0.1) is 0 Å². The summed E-state index contributed by atoms with van der Waals surface area (Å²) in [6.07, 6.45) is -1.34. The van der Waals surface area contributed by atoms with Gasteiger partial charge in [-0.25, -0.2) is 4.79 Å². The second-order valence-corrected chi connectivity index (χ2v) is 12.7. The number of methoxy groups -OCH3 is 1. The number of fused-ring (bicyclic) bond motifs is 1. The highest BCUT2D eigenvalue weighted by Gasteiger charge is 2.35. The van der Waals surface area contributed by atoms with Gasteiger partial charge in [0.05, 0.1) is 44.1 Å². The van der Waals surface area contributed by atoms with E-state index in [4.69, 9.17) is 18.9 Å². The SMILES string of the molecule is COCCOC(=O)N[C@@H](Cc1ccccc1)[C@@H](O)C[C@@H](Cc1ccc(OCCN2CCOCC2)cc1)C(=O)N[C@H]1c2ccccc2C[C@H]1O. The number of rotatable bonds is 17. The van der Waals surface area contributed by atoms with Crippen molar-refractivity contribution in [3.63, 3.8) is 0 Å². The molecule has 4 N–H and O–H groups in total. The number of amides is 2. The van der Waals surface area contributed by atoms with Crippen molar-refractivity contribution in [1.29, 1.82) is 0 Å². The Labute approximate surface area is 288 Å². The summed E-state index contributed by atoms with van der Waals surface area (Å²) in [5, 5.41) is 28.4. The van der Waals surface area contributed by atoms with Gasteiger partial charge in [0, 0.05) is 39.1 Å². The van der Waals surface area contributed by atoms with Gasteiger partial charge < -0.3 is 39.8 Å². The monoisotopic (exact) mass is 675 g/mol. The standard InChI is InChI=1S/C38H49N3O8/c1-46-21-22-49-38(45)39-33(24-27-7-3-2-4-8-27)34(42)26-30(37(44)40-36-32-10-6-5-9-29(32)25-35(36)43)23-28-11-13-31(14-12-28)48-20-17-41-15-18-47-19-16-41/h2-14,30,33-36,42-43H,15-26H2,1H3,(H,39,45)(H,40,44)/t30-,33+,34+,35-,36+/m1/s1. The molecule has 5 atom stereocenters. The lowest BCUT2D eigenvalue weighted by atomic mass is 9.88. The average Bonchev–Trinajstić information content (AvgIpc) is 3.43. The Morgan fingerprint density at radius 3 is 2.39 bits per heavy atom. The molecule has 0 unspecified atom stereocenters. The molecule has 3 aromatic carbocycles. The molecule has 1 heterocycles. The number of aliphatic hydroxyl groups is 2. The van der Waals surface area contributed by atoms with Gasteiger partial charge in [0.15, 0.2) is 0 Å². The van der Waals surface area contributed by atoms with E-state index in [-0.39, 0.29) is 25.5 Å². The van der Waals surface area contributed by atoms with E-state index in [1.807, 2.05) is 78.9 Å². The van der Waals surface area contributed by atoms with E-state index in [2.05, 4.69) is 15.5 Å². The van der Waals surface area contributed by atoms with Crippen LogP contribution < -0.4 is 15.4 Å². The van der Waals surface area contributed by atoms with Crippen LogP contribution >= 0.6 is 0 Å². The molecule has 1 fully saturated rings. The van der Waals surface area contributed by atoms with Gasteiger partial charge in [0.1, 0.15) is 19.0 Å². The first-order valence-corrected chi connectivity index (χ1v) is 17.1. The van der Waals surface area contributed by atoms with Crippen molar-refractivity contribution >= 4 is 12.0 Å². The Morgan fingerprint density at radius 1 is 0.918 bits per heavy atom. The lowest BCUT2D eigenvalue weighted by Crippen LogP contribution is -2.47. The van der Waals surface area contributed by atoms with E-state index in [9.17, 15) is 19.8 Å². The number of morpholine rings is 1. The van der Waals surface area contributed by atoms with Crippen LogP contribution in [0.3, 0.4) is 0 Å². The molecular weight excluding hydrogens is 626 g/mol. The minimum atomic E-state index is -1.09. The highest BCUT2D eigenvalue weighted by Crippen LogP contribution is 2.32. The Balaban J connectivity index is 1.29. The van der Waals surface area contributed by atoms with Crippen LogP contribution in [0.25, 0.3) is 0 Å². The molecule has 0 radical (unpaired) electrons. The summed E-state index contributed by atoms with van der Waals surface area (Å²) in [4.78, 5) is 29.0. The predicted octanol–water partition coefficient (Wildman–Crippen LogP) is 3.07. The molecule has 0 spiro atoms. The van der Waals surface area contributed by atoms with Crippen LogP contribution in [0.15, 0.2) is 78.9 Å². The fourth-order valence-corrected chi connectivity index (χ4v) is 6.44. The summed E-state index contributed by atoms with van der Waals surface area (Å²) < 4.78 is 21.6. The third-order valence-electron chi connectivity index (χ3n) is 9.17. The van der Waals surface area contributed by atoms with Crippen LogP contribution in [0.2, 0.25) is 0 Å². The first-order chi connectivity index (χ1) is 23.9. The molecule has 1 aliphatic carbocycles. The topological polar surface area (TPSA) is 139 Å². The third-order valence-corrected chi connectivity index (χ3v) is 9.17. The Kier molecular flexibility index (Phi) is 13.8. The van der Waals surface area contributed by atoms with Crippen molar-refractivity contribution in [3.05, 3.63) is 101 Å². The van der Waals surface area contributed by atoms with Crippen molar-refractivity contribution in [2.24, 2.45) is 5.92 Å². The minimum absolute atomic E-state index is 0.0595. The van der Waals surface area contributed by atoms with Gasteiger partial charge in [-0.3, -0.25) is 9.69 Å². The van der Waals surface area contributed by atoms with Gasteiger partial charge in [-0.05, 0) is 53.6 Å². The quantitative estimate of drug-likeness (QED) is 0.159. The average molecular weight is 676 g/mol. The number of carbonyl (C=O) groups excluding carboxylic acids is 2. The van der Waals surface area contributed by atoms with Crippen LogP contribution in [0.4, 0.5) is 4.79 Å². The zero-order valence-electron chi connectivity index (χ0n) is 28.2. The molecule has 0 bridgehead atoms. The minimum Gasteiger partial charge on any atom is -0.492 e. The van der Waals surface area contributed by atoms with E-state index < -0.39 is 36.3 Å².